The predicted molar refractivity (Wildman–Crippen MR) is 50.3 cm³/mol. The van der Waals surface area contributed by atoms with E-state index >= 15 is 0 Å². The summed E-state index contributed by atoms with van der Waals surface area (Å²) >= 11 is 0. The molecule has 1 saturated heterocycles. The van der Waals surface area contributed by atoms with Crippen LogP contribution in [-0.4, -0.2) is 53.6 Å². The Morgan fingerprint density at radius 1 is 1.45 bits per heavy atom. The summed E-state index contributed by atoms with van der Waals surface area (Å²) < 4.78 is 12.9. The number of aliphatic carboxylic acids is 1. The van der Waals surface area contributed by atoms with Gasteiger partial charge in [-0.2, -0.15) is 0 Å². The van der Waals surface area contributed by atoms with Crippen LogP contribution < -0.4 is 63.3 Å². The maximum atomic E-state index is 11.1. The second-order valence-corrected chi connectivity index (χ2v) is 3.46. The van der Waals surface area contributed by atoms with Gasteiger partial charge in [-0.1, -0.05) is 0 Å². The third-order valence-electron chi connectivity index (χ3n) is 1.93. The predicted octanol–water partition coefficient (Wildman–Crippen LogP) is -7.13. The average Bonchev–Trinajstić information content (AvgIpc) is 2.37. The quantitative estimate of drug-likeness (QED) is 0.461. The van der Waals surface area contributed by atoms with E-state index in [-0.39, 0.29) is 58.2 Å². The molecular weight excluding hydrogens is 352 g/mol. The summed E-state index contributed by atoms with van der Waals surface area (Å²) in [5, 5.41) is 28.0. The summed E-state index contributed by atoms with van der Waals surface area (Å²) in [6.07, 6.45) is -5.52. The fraction of sp³-hybridized carbons (Fsp3) is 0.500. The Balaban J connectivity index is 0.00000361. The fourth-order valence-electron chi connectivity index (χ4n) is 1.04. The van der Waals surface area contributed by atoms with Crippen LogP contribution >= 0.6 is 0 Å². The van der Waals surface area contributed by atoms with Crippen molar-refractivity contribution in [2.24, 2.45) is 0 Å². The molecule has 1 fully saturated rings. The Hall–Kier alpha value is -0.330. The van der Waals surface area contributed by atoms with Gasteiger partial charge < -0.3 is 34.1 Å². The normalized spacial score (nSPS) is 19.9. The van der Waals surface area contributed by atoms with Gasteiger partial charge in [0.15, 0.2) is 6.10 Å². The van der Waals surface area contributed by atoms with E-state index in [0.717, 1.165) is 0 Å². The summed E-state index contributed by atoms with van der Waals surface area (Å²) in [4.78, 5) is 43.3. The van der Waals surface area contributed by atoms with Crippen LogP contribution in [0.2, 0.25) is 0 Å². The van der Waals surface area contributed by atoms with Crippen LogP contribution in [0.5, 0.6) is 0 Å². The van der Waals surface area contributed by atoms with Crippen LogP contribution in [0.15, 0.2) is 0 Å². The van der Waals surface area contributed by atoms with Gasteiger partial charge in [0.2, 0.25) is 0 Å². The van der Waals surface area contributed by atoms with E-state index in [9.17, 15) is 24.3 Å². The van der Waals surface area contributed by atoms with Crippen molar-refractivity contribution in [3.8, 4) is 0 Å². The Bertz CT molecular complexity index is 412. The minimum absolute atomic E-state index is 0. The minimum Gasteiger partial charge on any atom is -0.547 e. The largest absolute Gasteiger partial charge is 1.00 e. The number of aliphatic hydroxyl groups is 2. The molecule has 0 aromatic carbocycles. The van der Waals surface area contributed by atoms with Gasteiger partial charge in [-0.3, -0.25) is 14.4 Å². The molecule has 104 valence electrons. The molecule has 0 aromatic heterocycles. The number of carbonyl (C=O) groups is 4. The monoisotopic (exact) mass is 360 g/mol. The summed E-state index contributed by atoms with van der Waals surface area (Å²) in [5.41, 5.74) is 0. The van der Waals surface area contributed by atoms with Crippen LogP contribution in [0.3, 0.4) is 0 Å². The van der Waals surface area contributed by atoms with E-state index in [1.807, 2.05) is 0 Å². The molecule has 0 bridgehead atoms. The van der Waals surface area contributed by atoms with Crippen LogP contribution in [0, 0.1) is 0 Å². The Morgan fingerprint density at radius 2 is 2.05 bits per heavy atom. The maximum absolute atomic E-state index is 11.1. The number of hydrogen-bond donors (Lipinski definition) is 2. The summed E-state index contributed by atoms with van der Waals surface area (Å²) in [6.45, 7) is 0. The van der Waals surface area contributed by atoms with Crippen molar-refractivity contribution in [1.29, 1.82) is 0 Å². The van der Waals surface area contributed by atoms with E-state index in [4.69, 9.17) is 10.2 Å². The minimum atomic E-state index is -2.12. The second-order valence-electron chi connectivity index (χ2n) is 3.46. The molecular formula is C8H8BO10Rb. The number of carboxylic acid groups (broad SMARTS) is 1. The molecule has 1 aliphatic heterocycles. The zero-order valence-corrected chi connectivity index (χ0v) is 15.2. The van der Waals surface area contributed by atoms with Crippen molar-refractivity contribution in [3.05, 3.63) is 0 Å². The molecule has 0 aromatic rings. The van der Waals surface area contributed by atoms with E-state index in [1.165, 1.54) is 0 Å². The molecule has 0 saturated carbocycles. The number of carbonyl (C=O) groups excluding carboxylic acids is 4. The molecule has 0 spiro atoms. The molecule has 2 atom stereocenters. The Morgan fingerprint density at radius 3 is 2.60 bits per heavy atom. The SMILES string of the molecule is O=C(C[C@H](O)C(=O)[O-])OB1OC(=O)C[C@H](O)C(=O)O1.[Rb+]. The van der Waals surface area contributed by atoms with Gasteiger partial charge in [-0.15, -0.1) is 0 Å². The standard InChI is InChI=1S/C8H9BO10.Rb/c10-3(7(14)15)1-5(12)17-9-18-6(13)2-4(11)8(16)19-9;/h3-4,10-11H,1-2H2,(H,14,15);/q;+1/p-1/t3-,4-;/m0./s1. The zero-order chi connectivity index (χ0) is 14.6. The van der Waals surface area contributed by atoms with Gasteiger partial charge in [0.05, 0.1) is 18.8 Å². The van der Waals surface area contributed by atoms with E-state index in [2.05, 4.69) is 14.0 Å². The molecule has 0 amide bonds. The smallest absolute Gasteiger partial charge is 0.547 e. The van der Waals surface area contributed by atoms with Crippen LogP contribution in [0.25, 0.3) is 0 Å². The molecule has 20 heavy (non-hydrogen) atoms. The van der Waals surface area contributed by atoms with Gasteiger partial charge in [0, 0.05) is 0 Å². The number of hydrogen-bond acceptors (Lipinski definition) is 10. The van der Waals surface area contributed by atoms with Crippen molar-refractivity contribution in [2.75, 3.05) is 0 Å². The second kappa shape index (κ2) is 8.85. The van der Waals surface area contributed by atoms with Crippen molar-refractivity contribution >= 4 is 31.2 Å². The summed E-state index contributed by atoms with van der Waals surface area (Å²) in [5.74, 6) is -5.51. The molecule has 0 aliphatic carbocycles. The molecule has 2 N–H and O–H groups in total. The Kier molecular flexibility index (Phi) is 8.70. The van der Waals surface area contributed by atoms with Crippen LogP contribution in [0.1, 0.15) is 12.8 Å². The molecule has 1 aliphatic rings. The number of carboxylic acids is 1. The topological polar surface area (TPSA) is 159 Å². The van der Waals surface area contributed by atoms with Crippen molar-refractivity contribution < 1.29 is 107 Å². The summed E-state index contributed by atoms with van der Waals surface area (Å²) in [6, 6.07) is 0. The van der Waals surface area contributed by atoms with Gasteiger partial charge >= 0.3 is 71.5 Å². The molecule has 10 nitrogen and oxygen atoms in total. The first-order valence-electron chi connectivity index (χ1n) is 4.96. The van der Waals surface area contributed by atoms with Gasteiger partial charge in [0.25, 0.3) is 11.9 Å². The first-order chi connectivity index (χ1) is 8.79. The maximum Gasteiger partial charge on any atom is 1.00 e. The third-order valence-corrected chi connectivity index (χ3v) is 1.93. The molecule has 1 heterocycles. The number of rotatable bonds is 4. The Labute approximate surface area is 161 Å². The van der Waals surface area contributed by atoms with E-state index < -0.39 is 56.2 Å². The van der Waals surface area contributed by atoms with Crippen molar-refractivity contribution in [1.82, 2.24) is 0 Å². The first-order valence-corrected chi connectivity index (χ1v) is 4.96. The average molecular weight is 360 g/mol. The van der Waals surface area contributed by atoms with Gasteiger partial charge in [-0.25, -0.2) is 0 Å². The van der Waals surface area contributed by atoms with Crippen LogP contribution in [0.4, 0.5) is 0 Å². The zero-order valence-electron chi connectivity index (χ0n) is 10.3. The van der Waals surface area contributed by atoms with Crippen molar-refractivity contribution in [2.45, 2.75) is 25.0 Å². The molecule has 1 rings (SSSR count). The van der Waals surface area contributed by atoms with Gasteiger partial charge in [0.1, 0.15) is 6.10 Å². The molecule has 12 heteroatoms. The van der Waals surface area contributed by atoms with Gasteiger partial charge in [-0.05, 0) is 0 Å². The summed E-state index contributed by atoms with van der Waals surface area (Å²) in [7, 11) is -2.04. The molecule has 0 radical (unpaired) electrons. The van der Waals surface area contributed by atoms with Crippen LogP contribution in [-0.2, 0) is 33.1 Å². The number of aliphatic hydroxyl groups excluding tert-OH is 2. The first kappa shape index (κ1) is 19.7. The van der Waals surface area contributed by atoms with Crippen molar-refractivity contribution in [3.63, 3.8) is 0 Å². The molecule has 0 unspecified atom stereocenters. The third kappa shape index (κ3) is 6.41. The van der Waals surface area contributed by atoms with E-state index in [0.29, 0.717) is 0 Å². The fourth-order valence-corrected chi connectivity index (χ4v) is 1.04. The van der Waals surface area contributed by atoms with E-state index in [1.54, 1.807) is 0 Å².